The zero-order valence-electron chi connectivity index (χ0n) is 15.7. The van der Waals surface area contributed by atoms with Gasteiger partial charge >= 0.3 is 0 Å². The van der Waals surface area contributed by atoms with Gasteiger partial charge in [0, 0.05) is 30.0 Å². The molecule has 152 valence electrons. The summed E-state index contributed by atoms with van der Waals surface area (Å²) in [6.45, 7) is 1.23. The van der Waals surface area contributed by atoms with Crippen LogP contribution in [0, 0.1) is 11.7 Å². The molecule has 0 radical (unpaired) electrons. The second-order valence-electron chi connectivity index (χ2n) is 7.13. The fraction of sp³-hybridized carbons (Fsp3) is 0.250. The van der Waals surface area contributed by atoms with E-state index in [1.165, 1.54) is 35.7 Å². The number of amidine groups is 1. The van der Waals surface area contributed by atoms with Crippen molar-refractivity contribution in [1.29, 1.82) is 0 Å². The van der Waals surface area contributed by atoms with Crippen LogP contribution in [-0.4, -0.2) is 44.3 Å². The fourth-order valence-corrected chi connectivity index (χ4v) is 5.75. The second-order valence-corrected chi connectivity index (χ2v) is 8.97. The van der Waals surface area contributed by atoms with Gasteiger partial charge in [0.1, 0.15) is 5.54 Å². The first-order chi connectivity index (χ1) is 14.6. The Kier molecular flexibility index (Phi) is 4.95. The molecule has 0 bridgehead atoms. The Hall–Kier alpha value is -2.85. The highest BCUT2D eigenvalue weighted by atomic mass is 32.2. The average Bonchev–Trinajstić information content (AvgIpc) is 3.43. The Balaban J connectivity index is 1.47. The normalized spacial score (nSPS) is 23.0. The number of hydrogen-bond acceptors (Lipinski definition) is 8. The first kappa shape index (κ1) is 19.1. The molecule has 2 aliphatic rings. The van der Waals surface area contributed by atoms with Crippen molar-refractivity contribution in [2.24, 2.45) is 10.9 Å². The SMILES string of the molecule is O=C(NC1=N[C@@]2(c3ccns3)CN(c3ncc(F)cn3)C[C@H]2CS1)c1ccccc1. The maximum absolute atomic E-state index is 13.3. The molecule has 1 saturated heterocycles. The standard InChI is InChI=1S/C20H17FN6OS2/c21-15-8-22-18(23-9-15)27-10-14-11-29-19(25-17(28)13-4-2-1-3-5-13)26-20(14,12-27)16-6-7-24-30-16/h1-9,14H,10-12H2,(H,25,26,28)/t14-,20-/m0/s1. The van der Waals surface area contributed by atoms with E-state index in [2.05, 4.69) is 19.7 Å². The number of aliphatic imine (C=N–C) groups is 1. The fourth-order valence-electron chi connectivity index (χ4n) is 3.83. The van der Waals surface area contributed by atoms with Gasteiger partial charge in [0.2, 0.25) is 5.95 Å². The number of carbonyl (C=O) groups is 1. The maximum Gasteiger partial charge on any atom is 0.257 e. The zero-order valence-corrected chi connectivity index (χ0v) is 17.4. The molecule has 30 heavy (non-hydrogen) atoms. The lowest BCUT2D eigenvalue weighted by Crippen LogP contribution is -2.42. The van der Waals surface area contributed by atoms with Crippen LogP contribution in [0.25, 0.3) is 0 Å². The van der Waals surface area contributed by atoms with E-state index in [1.807, 2.05) is 29.2 Å². The van der Waals surface area contributed by atoms with Crippen LogP contribution in [0.3, 0.4) is 0 Å². The monoisotopic (exact) mass is 440 g/mol. The summed E-state index contributed by atoms with van der Waals surface area (Å²) in [4.78, 5) is 29.0. The lowest BCUT2D eigenvalue weighted by molar-refractivity contribution is 0.0977. The Morgan fingerprint density at radius 1 is 1.20 bits per heavy atom. The van der Waals surface area contributed by atoms with Crippen molar-refractivity contribution < 1.29 is 9.18 Å². The molecule has 0 aliphatic carbocycles. The molecule has 1 N–H and O–H groups in total. The summed E-state index contributed by atoms with van der Waals surface area (Å²) in [7, 11) is 0. The van der Waals surface area contributed by atoms with Crippen molar-refractivity contribution in [1.82, 2.24) is 19.7 Å². The Bertz CT molecular complexity index is 1080. The van der Waals surface area contributed by atoms with Gasteiger partial charge in [-0.05, 0) is 29.7 Å². The van der Waals surface area contributed by atoms with Crippen LogP contribution in [0.2, 0.25) is 0 Å². The van der Waals surface area contributed by atoms with Crippen LogP contribution in [0.5, 0.6) is 0 Å². The molecule has 1 amide bonds. The number of rotatable bonds is 3. The summed E-state index contributed by atoms with van der Waals surface area (Å²) in [5.74, 6) is 0.797. The van der Waals surface area contributed by atoms with Crippen molar-refractivity contribution >= 4 is 40.3 Å². The number of hydrogen-bond donors (Lipinski definition) is 1. The number of nitrogens with zero attached hydrogens (tertiary/aromatic N) is 5. The Morgan fingerprint density at radius 2 is 2.00 bits per heavy atom. The number of amides is 1. The van der Waals surface area contributed by atoms with Crippen molar-refractivity contribution in [2.75, 3.05) is 23.7 Å². The van der Waals surface area contributed by atoms with Crippen LogP contribution in [0.1, 0.15) is 15.2 Å². The lowest BCUT2D eigenvalue weighted by atomic mass is 9.87. The molecule has 10 heteroatoms. The lowest BCUT2D eigenvalue weighted by Gasteiger charge is -2.33. The van der Waals surface area contributed by atoms with Gasteiger partial charge in [0.15, 0.2) is 11.0 Å². The van der Waals surface area contributed by atoms with Crippen LogP contribution in [0.15, 0.2) is 60.0 Å². The van der Waals surface area contributed by atoms with E-state index in [0.717, 1.165) is 10.6 Å². The predicted octanol–water partition coefficient (Wildman–Crippen LogP) is 2.94. The van der Waals surface area contributed by atoms with Gasteiger partial charge in [0.05, 0.1) is 23.8 Å². The first-order valence-electron chi connectivity index (χ1n) is 9.37. The molecule has 1 fully saturated rings. The predicted molar refractivity (Wildman–Crippen MR) is 115 cm³/mol. The molecule has 1 aromatic carbocycles. The van der Waals surface area contributed by atoms with Crippen molar-refractivity contribution in [3.8, 4) is 0 Å². The van der Waals surface area contributed by atoms with E-state index in [4.69, 9.17) is 4.99 Å². The highest BCUT2D eigenvalue weighted by Crippen LogP contribution is 2.47. The van der Waals surface area contributed by atoms with Crippen LogP contribution in [0.4, 0.5) is 10.3 Å². The molecule has 5 rings (SSSR count). The van der Waals surface area contributed by atoms with E-state index in [-0.39, 0.29) is 11.8 Å². The molecule has 0 unspecified atom stereocenters. The summed E-state index contributed by atoms with van der Waals surface area (Å²) in [5.41, 5.74) is 0.0336. The highest BCUT2D eigenvalue weighted by Gasteiger charge is 2.52. The topological polar surface area (TPSA) is 83.4 Å². The molecular weight excluding hydrogens is 423 g/mol. The minimum absolute atomic E-state index is 0.184. The number of aromatic nitrogens is 3. The largest absolute Gasteiger partial charge is 0.338 e. The summed E-state index contributed by atoms with van der Waals surface area (Å²) < 4.78 is 17.5. The third-order valence-electron chi connectivity index (χ3n) is 5.28. The van der Waals surface area contributed by atoms with E-state index in [9.17, 15) is 9.18 Å². The van der Waals surface area contributed by atoms with Gasteiger partial charge in [-0.1, -0.05) is 30.0 Å². The number of halogens is 1. The quantitative estimate of drug-likeness (QED) is 0.674. The highest BCUT2D eigenvalue weighted by molar-refractivity contribution is 8.13. The van der Waals surface area contributed by atoms with Crippen LogP contribution >= 0.6 is 23.3 Å². The molecule has 2 atom stereocenters. The van der Waals surface area contributed by atoms with Crippen LogP contribution in [-0.2, 0) is 5.54 Å². The number of carbonyl (C=O) groups excluding carboxylic acids is 1. The van der Waals surface area contributed by atoms with E-state index < -0.39 is 11.4 Å². The van der Waals surface area contributed by atoms with Crippen LogP contribution < -0.4 is 10.2 Å². The smallest absolute Gasteiger partial charge is 0.257 e. The number of fused-ring (bicyclic) bond motifs is 1. The van der Waals surface area contributed by atoms with Gasteiger partial charge in [-0.3, -0.25) is 4.79 Å². The number of benzene rings is 1. The molecule has 0 spiro atoms. The third kappa shape index (κ3) is 3.46. The molecule has 0 saturated carbocycles. The number of nitrogens with one attached hydrogen (secondary N) is 1. The molecule has 3 aromatic rings. The Morgan fingerprint density at radius 3 is 2.73 bits per heavy atom. The van der Waals surface area contributed by atoms with Gasteiger partial charge < -0.3 is 10.2 Å². The first-order valence-corrected chi connectivity index (χ1v) is 11.1. The van der Waals surface area contributed by atoms with Gasteiger partial charge in [0.25, 0.3) is 5.91 Å². The zero-order chi connectivity index (χ0) is 20.6. The summed E-state index contributed by atoms with van der Waals surface area (Å²) in [6, 6.07) is 11.1. The molecule has 7 nitrogen and oxygen atoms in total. The molecular formula is C20H17FN6OS2. The summed E-state index contributed by atoms with van der Waals surface area (Å²) in [5, 5.41) is 3.55. The second kappa shape index (κ2) is 7.77. The van der Waals surface area contributed by atoms with E-state index in [0.29, 0.717) is 29.8 Å². The van der Waals surface area contributed by atoms with Crippen molar-refractivity contribution in [2.45, 2.75) is 5.54 Å². The van der Waals surface area contributed by atoms with Crippen molar-refractivity contribution in [3.05, 3.63) is 71.2 Å². The van der Waals surface area contributed by atoms with E-state index in [1.54, 1.807) is 18.3 Å². The third-order valence-corrected chi connectivity index (χ3v) is 7.23. The number of anilines is 1. The summed E-state index contributed by atoms with van der Waals surface area (Å²) >= 11 is 2.94. The van der Waals surface area contributed by atoms with Gasteiger partial charge in [-0.15, -0.1) is 0 Å². The number of thioether (sulfide) groups is 1. The van der Waals surface area contributed by atoms with E-state index >= 15 is 0 Å². The van der Waals surface area contributed by atoms with Gasteiger partial charge in [-0.2, -0.15) is 0 Å². The average molecular weight is 441 g/mol. The molecule has 2 aliphatic heterocycles. The molecule has 4 heterocycles. The van der Waals surface area contributed by atoms with Crippen molar-refractivity contribution in [3.63, 3.8) is 0 Å². The maximum atomic E-state index is 13.3. The molecule has 2 aromatic heterocycles. The Labute approximate surface area is 180 Å². The minimum atomic E-state index is -0.552. The minimum Gasteiger partial charge on any atom is -0.338 e. The van der Waals surface area contributed by atoms with Gasteiger partial charge in [-0.25, -0.2) is 23.7 Å². The summed E-state index contributed by atoms with van der Waals surface area (Å²) in [6.07, 6.45) is 4.11.